The standard InChI is InChI=1S/C13H24O3/c1-4-7-8-9-10-11-12(15-5-2)13(14)16-6-3/h4,12H,1,5-11H2,2-3H3. The van der Waals surface area contributed by atoms with Crippen molar-refractivity contribution in [2.75, 3.05) is 13.2 Å². The summed E-state index contributed by atoms with van der Waals surface area (Å²) in [6, 6.07) is 0. The number of unbranched alkanes of at least 4 members (excludes halogenated alkanes) is 3. The van der Waals surface area contributed by atoms with Gasteiger partial charge in [0.15, 0.2) is 6.10 Å². The number of ether oxygens (including phenoxy) is 2. The first-order valence-electron chi connectivity index (χ1n) is 6.15. The lowest BCUT2D eigenvalue weighted by Gasteiger charge is -2.15. The van der Waals surface area contributed by atoms with E-state index in [0.29, 0.717) is 13.2 Å². The Labute approximate surface area is 98.8 Å². The molecule has 0 heterocycles. The van der Waals surface area contributed by atoms with Crippen molar-refractivity contribution in [3.63, 3.8) is 0 Å². The minimum atomic E-state index is -0.381. The van der Waals surface area contributed by atoms with Crippen molar-refractivity contribution in [1.29, 1.82) is 0 Å². The molecule has 0 fully saturated rings. The second kappa shape index (κ2) is 10.7. The molecule has 16 heavy (non-hydrogen) atoms. The van der Waals surface area contributed by atoms with Crippen LogP contribution < -0.4 is 0 Å². The molecular weight excluding hydrogens is 204 g/mol. The van der Waals surface area contributed by atoms with Crippen LogP contribution in [0.1, 0.15) is 46.0 Å². The van der Waals surface area contributed by atoms with Crippen LogP contribution in [0.15, 0.2) is 12.7 Å². The zero-order chi connectivity index (χ0) is 12.2. The van der Waals surface area contributed by atoms with E-state index in [2.05, 4.69) is 6.58 Å². The van der Waals surface area contributed by atoms with Crippen LogP contribution in [-0.4, -0.2) is 25.3 Å². The first-order chi connectivity index (χ1) is 7.76. The topological polar surface area (TPSA) is 35.5 Å². The van der Waals surface area contributed by atoms with Gasteiger partial charge in [0.05, 0.1) is 6.61 Å². The van der Waals surface area contributed by atoms with Crippen LogP contribution >= 0.6 is 0 Å². The van der Waals surface area contributed by atoms with Crippen molar-refractivity contribution in [1.82, 2.24) is 0 Å². The number of esters is 1. The van der Waals surface area contributed by atoms with Gasteiger partial charge >= 0.3 is 5.97 Å². The summed E-state index contributed by atoms with van der Waals surface area (Å²) < 4.78 is 10.3. The molecule has 0 aromatic heterocycles. The molecule has 3 nitrogen and oxygen atoms in total. The molecule has 1 unspecified atom stereocenters. The molecule has 0 saturated heterocycles. The fourth-order valence-electron chi connectivity index (χ4n) is 1.50. The van der Waals surface area contributed by atoms with Crippen LogP contribution in [0.2, 0.25) is 0 Å². The molecule has 0 N–H and O–H groups in total. The van der Waals surface area contributed by atoms with Crippen molar-refractivity contribution in [3.05, 3.63) is 12.7 Å². The van der Waals surface area contributed by atoms with Crippen molar-refractivity contribution in [2.45, 2.75) is 52.1 Å². The average molecular weight is 228 g/mol. The molecule has 0 spiro atoms. The average Bonchev–Trinajstić information content (AvgIpc) is 2.27. The maximum atomic E-state index is 11.5. The summed E-state index contributed by atoms with van der Waals surface area (Å²) in [7, 11) is 0. The molecule has 0 amide bonds. The molecule has 0 radical (unpaired) electrons. The SMILES string of the molecule is C=CCCCCCC(OCC)C(=O)OCC. The maximum Gasteiger partial charge on any atom is 0.335 e. The van der Waals surface area contributed by atoms with Gasteiger partial charge in [0.1, 0.15) is 0 Å². The van der Waals surface area contributed by atoms with E-state index in [4.69, 9.17) is 9.47 Å². The Morgan fingerprint density at radius 1 is 1.25 bits per heavy atom. The van der Waals surface area contributed by atoms with E-state index in [1.807, 2.05) is 19.9 Å². The van der Waals surface area contributed by atoms with Crippen molar-refractivity contribution in [3.8, 4) is 0 Å². The smallest absolute Gasteiger partial charge is 0.335 e. The van der Waals surface area contributed by atoms with Crippen molar-refractivity contribution < 1.29 is 14.3 Å². The summed E-state index contributed by atoms with van der Waals surface area (Å²) in [5, 5.41) is 0. The minimum Gasteiger partial charge on any atom is -0.464 e. The van der Waals surface area contributed by atoms with E-state index in [0.717, 1.165) is 32.1 Å². The van der Waals surface area contributed by atoms with Crippen LogP contribution in [0, 0.1) is 0 Å². The predicted molar refractivity (Wildman–Crippen MR) is 65.3 cm³/mol. The van der Waals surface area contributed by atoms with Gasteiger partial charge in [0.25, 0.3) is 0 Å². The van der Waals surface area contributed by atoms with Gasteiger partial charge < -0.3 is 9.47 Å². The molecular formula is C13H24O3. The molecule has 3 heteroatoms. The number of allylic oxidation sites excluding steroid dienone is 1. The van der Waals surface area contributed by atoms with Gasteiger partial charge in [-0.05, 0) is 33.1 Å². The maximum absolute atomic E-state index is 11.5. The van der Waals surface area contributed by atoms with Crippen molar-refractivity contribution in [2.24, 2.45) is 0 Å². The molecule has 0 aliphatic rings. The molecule has 0 aliphatic carbocycles. The number of rotatable bonds is 10. The van der Waals surface area contributed by atoms with Crippen LogP contribution in [0.3, 0.4) is 0 Å². The Bertz CT molecular complexity index is 190. The number of hydrogen-bond acceptors (Lipinski definition) is 3. The predicted octanol–water partition coefficient (Wildman–Crippen LogP) is 3.09. The van der Waals surface area contributed by atoms with Gasteiger partial charge in [-0.3, -0.25) is 0 Å². The summed E-state index contributed by atoms with van der Waals surface area (Å²) in [5.41, 5.74) is 0. The Hall–Kier alpha value is -0.830. The zero-order valence-electron chi connectivity index (χ0n) is 10.5. The lowest BCUT2D eigenvalue weighted by atomic mass is 10.1. The second-order valence-electron chi connectivity index (χ2n) is 3.62. The summed E-state index contributed by atoms with van der Waals surface area (Å²) in [4.78, 5) is 11.5. The highest BCUT2D eigenvalue weighted by atomic mass is 16.6. The molecule has 94 valence electrons. The number of hydrogen-bond donors (Lipinski definition) is 0. The first kappa shape index (κ1) is 15.2. The van der Waals surface area contributed by atoms with Gasteiger partial charge in [-0.1, -0.05) is 18.9 Å². The largest absolute Gasteiger partial charge is 0.464 e. The van der Waals surface area contributed by atoms with Crippen LogP contribution in [0.25, 0.3) is 0 Å². The van der Waals surface area contributed by atoms with Gasteiger partial charge in [0.2, 0.25) is 0 Å². The Balaban J connectivity index is 3.75. The van der Waals surface area contributed by atoms with Gasteiger partial charge in [-0.15, -0.1) is 6.58 Å². The highest BCUT2D eigenvalue weighted by Gasteiger charge is 2.18. The highest BCUT2D eigenvalue weighted by Crippen LogP contribution is 2.10. The van der Waals surface area contributed by atoms with Gasteiger partial charge in [-0.2, -0.15) is 0 Å². The van der Waals surface area contributed by atoms with E-state index in [9.17, 15) is 4.79 Å². The molecule has 0 aromatic rings. The molecule has 0 saturated carbocycles. The third-order valence-electron chi connectivity index (χ3n) is 2.29. The molecule has 0 aromatic carbocycles. The molecule has 0 aliphatic heterocycles. The van der Waals surface area contributed by atoms with E-state index in [1.165, 1.54) is 0 Å². The van der Waals surface area contributed by atoms with Crippen LogP contribution in [0.4, 0.5) is 0 Å². The molecule has 0 bridgehead atoms. The fourth-order valence-corrected chi connectivity index (χ4v) is 1.50. The second-order valence-corrected chi connectivity index (χ2v) is 3.62. The van der Waals surface area contributed by atoms with Crippen LogP contribution in [-0.2, 0) is 14.3 Å². The molecule has 1 atom stereocenters. The Morgan fingerprint density at radius 2 is 2.00 bits per heavy atom. The van der Waals surface area contributed by atoms with E-state index in [1.54, 1.807) is 0 Å². The summed E-state index contributed by atoms with van der Waals surface area (Å²) in [5.74, 6) is -0.229. The minimum absolute atomic E-state index is 0.229. The Morgan fingerprint density at radius 3 is 2.56 bits per heavy atom. The van der Waals surface area contributed by atoms with Crippen molar-refractivity contribution >= 4 is 5.97 Å². The first-order valence-corrected chi connectivity index (χ1v) is 6.15. The highest BCUT2D eigenvalue weighted by molar-refractivity contribution is 5.74. The summed E-state index contributed by atoms with van der Waals surface area (Å²) >= 11 is 0. The van der Waals surface area contributed by atoms with Crippen LogP contribution in [0.5, 0.6) is 0 Å². The quantitative estimate of drug-likeness (QED) is 0.327. The van der Waals surface area contributed by atoms with Gasteiger partial charge in [0, 0.05) is 6.61 Å². The van der Waals surface area contributed by atoms with E-state index in [-0.39, 0.29) is 12.1 Å². The third kappa shape index (κ3) is 7.46. The number of carbonyl (C=O) groups is 1. The fraction of sp³-hybridized carbons (Fsp3) is 0.769. The Kier molecular flexibility index (Phi) is 10.1. The third-order valence-corrected chi connectivity index (χ3v) is 2.29. The molecule has 0 rings (SSSR count). The van der Waals surface area contributed by atoms with E-state index >= 15 is 0 Å². The number of carbonyl (C=O) groups excluding carboxylic acids is 1. The monoisotopic (exact) mass is 228 g/mol. The zero-order valence-corrected chi connectivity index (χ0v) is 10.5. The normalized spacial score (nSPS) is 12.1. The summed E-state index contributed by atoms with van der Waals surface area (Å²) in [6.07, 6.45) is 6.57. The lowest BCUT2D eigenvalue weighted by Crippen LogP contribution is -2.26. The van der Waals surface area contributed by atoms with E-state index < -0.39 is 0 Å². The summed E-state index contributed by atoms with van der Waals surface area (Å²) in [6.45, 7) is 8.35. The lowest BCUT2D eigenvalue weighted by molar-refractivity contribution is -0.156. The van der Waals surface area contributed by atoms with Gasteiger partial charge in [-0.25, -0.2) is 4.79 Å².